The highest BCUT2D eigenvalue weighted by Gasteiger charge is 2.24. The fourth-order valence-electron chi connectivity index (χ4n) is 1.39. The van der Waals surface area contributed by atoms with Gasteiger partial charge in [-0.15, -0.1) is 0 Å². The molecule has 1 aromatic carbocycles. The van der Waals surface area contributed by atoms with E-state index in [1.54, 1.807) is 25.1 Å². The first-order valence-electron chi connectivity index (χ1n) is 5.72. The molecule has 0 heterocycles. The van der Waals surface area contributed by atoms with Crippen molar-refractivity contribution in [3.05, 3.63) is 28.8 Å². The molecule has 0 radical (unpaired) electrons. The number of carbonyl (C=O) groups is 1. The summed E-state index contributed by atoms with van der Waals surface area (Å²) in [5.41, 5.74) is -0.173. The van der Waals surface area contributed by atoms with Gasteiger partial charge in [0.1, 0.15) is 5.75 Å². The SMILES string of the molecule is CCC(C)(CO)NC(=O)c1ccc(Cl)c(OC)c1. The second kappa shape index (κ2) is 6.07. The molecule has 0 saturated carbocycles. The number of rotatable bonds is 5. The van der Waals surface area contributed by atoms with Crippen LogP contribution in [0.1, 0.15) is 30.6 Å². The number of benzene rings is 1. The maximum Gasteiger partial charge on any atom is 0.251 e. The van der Waals surface area contributed by atoms with Crippen molar-refractivity contribution in [2.24, 2.45) is 0 Å². The average molecular weight is 272 g/mol. The second-order valence-corrected chi connectivity index (χ2v) is 4.78. The van der Waals surface area contributed by atoms with Crippen molar-refractivity contribution in [1.82, 2.24) is 5.32 Å². The molecule has 0 spiro atoms. The molecule has 0 aliphatic carbocycles. The monoisotopic (exact) mass is 271 g/mol. The zero-order chi connectivity index (χ0) is 13.8. The Morgan fingerprint density at radius 1 is 1.56 bits per heavy atom. The molecule has 0 aliphatic rings. The minimum atomic E-state index is -0.621. The van der Waals surface area contributed by atoms with Gasteiger partial charge in [-0.05, 0) is 31.5 Å². The van der Waals surface area contributed by atoms with Crippen LogP contribution in [0.25, 0.3) is 0 Å². The molecule has 0 aliphatic heterocycles. The number of hydrogen-bond acceptors (Lipinski definition) is 3. The number of halogens is 1. The van der Waals surface area contributed by atoms with Gasteiger partial charge in [0.05, 0.1) is 24.3 Å². The lowest BCUT2D eigenvalue weighted by atomic mass is 9.99. The van der Waals surface area contributed by atoms with E-state index in [1.807, 2.05) is 6.92 Å². The molecular formula is C13H18ClNO3. The molecule has 1 amide bonds. The molecule has 0 aromatic heterocycles. The molecule has 100 valence electrons. The Labute approximate surface area is 112 Å². The number of nitrogens with one attached hydrogen (secondary N) is 1. The maximum atomic E-state index is 12.0. The Bertz CT molecular complexity index is 430. The van der Waals surface area contributed by atoms with Gasteiger partial charge < -0.3 is 15.2 Å². The summed E-state index contributed by atoms with van der Waals surface area (Å²) in [6, 6.07) is 4.80. The third kappa shape index (κ3) is 3.37. The van der Waals surface area contributed by atoms with Crippen LogP contribution < -0.4 is 10.1 Å². The van der Waals surface area contributed by atoms with Crippen molar-refractivity contribution < 1.29 is 14.6 Å². The average Bonchev–Trinajstić information content (AvgIpc) is 2.39. The minimum Gasteiger partial charge on any atom is -0.495 e. The Kier molecular flexibility index (Phi) is 4.99. The highest BCUT2D eigenvalue weighted by Crippen LogP contribution is 2.25. The number of carbonyl (C=O) groups excluding carboxylic acids is 1. The lowest BCUT2D eigenvalue weighted by Gasteiger charge is -2.27. The summed E-state index contributed by atoms with van der Waals surface area (Å²) >= 11 is 5.89. The van der Waals surface area contributed by atoms with Crippen LogP contribution in [0.2, 0.25) is 5.02 Å². The van der Waals surface area contributed by atoms with Gasteiger partial charge in [-0.3, -0.25) is 4.79 Å². The van der Waals surface area contributed by atoms with Crippen LogP contribution in [0.4, 0.5) is 0 Å². The summed E-state index contributed by atoms with van der Waals surface area (Å²) in [6.07, 6.45) is 0.639. The fraction of sp³-hybridized carbons (Fsp3) is 0.462. The van der Waals surface area contributed by atoms with Crippen molar-refractivity contribution in [2.75, 3.05) is 13.7 Å². The zero-order valence-corrected chi connectivity index (χ0v) is 11.5. The number of aliphatic hydroxyl groups excluding tert-OH is 1. The molecule has 0 bridgehead atoms. The number of amides is 1. The van der Waals surface area contributed by atoms with Crippen LogP contribution in [0.3, 0.4) is 0 Å². The molecule has 18 heavy (non-hydrogen) atoms. The van der Waals surface area contributed by atoms with E-state index in [4.69, 9.17) is 16.3 Å². The third-order valence-corrected chi connectivity index (χ3v) is 3.27. The van der Waals surface area contributed by atoms with E-state index in [1.165, 1.54) is 7.11 Å². The smallest absolute Gasteiger partial charge is 0.251 e. The van der Waals surface area contributed by atoms with Gasteiger partial charge in [0, 0.05) is 5.56 Å². The van der Waals surface area contributed by atoms with Gasteiger partial charge in [0.25, 0.3) is 5.91 Å². The molecule has 5 heteroatoms. The number of aliphatic hydroxyl groups is 1. The molecule has 0 fully saturated rings. The summed E-state index contributed by atoms with van der Waals surface area (Å²) in [7, 11) is 1.49. The Morgan fingerprint density at radius 3 is 2.72 bits per heavy atom. The largest absolute Gasteiger partial charge is 0.495 e. The predicted molar refractivity (Wildman–Crippen MR) is 71.3 cm³/mol. The Balaban J connectivity index is 2.91. The van der Waals surface area contributed by atoms with Crippen LogP contribution in [0, 0.1) is 0 Å². The molecule has 1 rings (SSSR count). The first kappa shape index (κ1) is 14.8. The normalized spacial score (nSPS) is 13.8. The van der Waals surface area contributed by atoms with Gasteiger partial charge in [-0.25, -0.2) is 0 Å². The second-order valence-electron chi connectivity index (χ2n) is 4.38. The van der Waals surface area contributed by atoms with Crippen LogP contribution in [0.5, 0.6) is 5.75 Å². The van der Waals surface area contributed by atoms with Gasteiger partial charge in [0.2, 0.25) is 0 Å². The van der Waals surface area contributed by atoms with Gasteiger partial charge in [-0.1, -0.05) is 18.5 Å². The maximum absolute atomic E-state index is 12.0. The number of ether oxygens (including phenoxy) is 1. The topological polar surface area (TPSA) is 58.6 Å². The number of hydrogen-bond donors (Lipinski definition) is 2. The summed E-state index contributed by atoms with van der Waals surface area (Å²) < 4.78 is 5.06. The fourth-order valence-corrected chi connectivity index (χ4v) is 1.58. The van der Waals surface area contributed by atoms with Crippen molar-refractivity contribution in [1.29, 1.82) is 0 Å². The lowest BCUT2D eigenvalue weighted by Crippen LogP contribution is -2.48. The highest BCUT2D eigenvalue weighted by molar-refractivity contribution is 6.32. The third-order valence-electron chi connectivity index (χ3n) is 2.96. The zero-order valence-electron chi connectivity index (χ0n) is 10.8. The summed E-state index contributed by atoms with van der Waals surface area (Å²) in [5.74, 6) is 0.190. The van der Waals surface area contributed by atoms with Crippen LogP contribution in [-0.4, -0.2) is 30.3 Å². The summed E-state index contributed by atoms with van der Waals surface area (Å²) in [5, 5.41) is 12.5. The molecule has 2 N–H and O–H groups in total. The van der Waals surface area contributed by atoms with E-state index in [0.717, 1.165) is 0 Å². The molecule has 4 nitrogen and oxygen atoms in total. The number of methoxy groups -OCH3 is 1. The van der Waals surface area contributed by atoms with Crippen LogP contribution in [-0.2, 0) is 0 Å². The highest BCUT2D eigenvalue weighted by atomic mass is 35.5. The summed E-state index contributed by atoms with van der Waals surface area (Å²) in [4.78, 5) is 12.0. The van der Waals surface area contributed by atoms with Gasteiger partial charge in [-0.2, -0.15) is 0 Å². The summed E-state index contributed by atoms with van der Waals surface area (Å²) in [6.45, 7) is 3.58. The standard InChI is InChI=1S/C13H18ClNO3/c1-4-13(2,8-16)15-12(17)9-5-6-10(14)11(7-9)18-3/h5-7,16H,4,8H2,1-3H3,(H,15,17). The molecule has 1 atom stereocenters. The van der Waals surface area contributed by atoms with E-state index in [0.29, 0.717) is 22.8 Å². The van der Waals surface area contributed by atoms with E-state index in [9.17, 15) is 9.90 Å². The Morgan fingerprint density at radius 2 is 2.22 bits per heavy atom. The van der Waals surface area contributed by atoms with Gasteiger partial charge in [0.15, 0.2) is 0 Å². The lowest BCUT2D eigenvalue weighted by molar-refractivity contribution is 0.0847. The van der Waals surface area contributed by atoms with Crippen LogP contribution in [0.15, 0.2) is 18.2 Å². The Hall–Kier alpha value is -1.26. The van der Waals surface area contributed by atoms with Crippen molar-refractivity contribution in [3.8, 4) is 5.75 Å². The van der Waals surface area contributed by atoms with Crippen LogP contribution >= 0.6 is 11.6 Å². The van der Waals surface area contributed by atoms with Crippen molar-refractivity contribution >= 4 is 17.5 Å². The van der Waals surface area contributed by atoms with Gasteiger partial charge >= 0.3 is 0 Å². The van der Waals surface area contributed by atoms with E-state index >= 15 is 0 Å². The quantitative estimate of drug-likeness (QED) is 0.863. The van der Waals surface area contributed by atoms with Crippen molar-refractivity contribution in [2.45, 2.75) is 25.8 Å². The first-order chi connectivity index (χ1) is 8.45. The molecule has 1 aromatic rings. The predicted octanol–water partition coefficient (Wildman–Crippen LogP) is 2.24. The van der Waals surface area contributed by atoms with E-state index in [2.05, 4.69) is 5.32 Å². The molecule has 1 unspecified atom stereocenters. The first-order valence-corrected chi connectivity index (χ1v) is 6.10. The molecule has 0 saturated heterocycles. The van der Waals surface area contributed by atoms with E-state index < -0.39 is 5.54 Å². The van der Waals surface area contributed by atoms with Crippen molar-refractivity contribution in [3.63, 3.8) is 0 Å². The van der Waals surface area contributed by atoms with E-state index in [-0.39, 0.29) is 12.5 Å². The minimum absolute atomic E-state index is 0.111. The molecular weight excluding hydrogens is 254 g/mol.